The van der Waals surface area contributed by atoms with Crippen molar-refractivity contribution in [1.29, 1.82) is 5.26 Å². The molecule has 2 aromatic carbocycles. The molecular formula is C26H28FN3O3S. The van der Waals surface area contributed by atoms with Crippen molar-refractivity contribution >= 4 is 20.9 Å². The van der Waals surface area contributed by atoms with Crippen molar-refractivity contribution in [2.24, 2.45) is 0 Å². The molecule has 0 radical (unpaired) electrons. The van der Waals surface area contributed by atoms with Gasteiger partial charge in [-0.3, -0.25) is 0 Å². The van der Waals surface area contributed by atoms with Gasteiger partial charge in [0.2, 0.25) is 10.0 Å². The zero-order chi connectivity index (χ0) is 23.9. The molecule has 8 heteroatoms. The smallest absolute Gasteiger partial charge is 0.215 e. The molecule has 1 aliphatic heterocycles. The highest BCUT2D eigenvalue weighted by molar-refractivity contribution is 7.90. The first kappa shape index (κ1) is 23.0. The summed E-state index contributed by atoms with van der Waals surface area (Å²) in [5, 5.41) is 10.1. The van der Waals surface area contributed by atoms with Crippen molar-refractivity contribution in [3.63, 3.8) is 0 Å². The minimum atomic E-state index is -3.39. The number of hydrogen-bond donors (Lipinski definition) is 1. The minimum Gasteiger partial charge on any atom is -0.381 e. The van der Waals surface area contributed by atoms with E-state index in [0.29, 0.717) is 31.6 Å². The fraction of sp³-hybridized carbons (Fsp3) is 0.423. The lowest BCUT2D eigenvalue weighted by molar-refractivity contribution is 0.0707. The maximum absolute atomic E-state index is 14.8. The number of nitriles is 1. The molecular weight excluding hydrogens is 453 g/mol. The van der Waals surface area contributed by atoms with E-state index in [1.807, 2.05) is 31.3 Å². The SMILES string of the molecule is C[C@@H](NS(=O)(=O)C1CCC1)c1cn(C2CCOCC2)c2cc(-c3c(F)cccc3C#N)ccc12. The molecule has 1 aromatic heterocycles. The molecule has 1 N–H and O–H groups in total. The molecule has 2 fully saturated rings. The number of rotatable bonds is 6. The van der Waals surface area contributed by atoms with E-state index in [1.54, 1.807) is 6.07 Å². The Morgan fingerprint density at radius 1 is 1.18 bits per heavy atom. The summed E-state index contributed by atoms with van der Waals surface area (Å²) in [4.78, 5) is 0. The van der Waals surface area contributed by atoms with Crippen molar-refractivity contribution in [2.75, 3.05) is 13.2 Å². The van der Waals surface area contributed by atoms with Gasteiger partial charge in [-0.1, -0.05) is 24.6 Å². The van der Waals surface area contributed by atoms with Crippen molar-refractivity contribution < 1.29 is 17.5 Å². The van der Waals surface area contributed by atoms with Crippen LogP contribution in [0.3, 0.4) is 0 Å². The highest BCUT2D eigenvalue weighted by Gasteiger charge is 2.33. The standard InChI is InChI=1S/C26H28FN3O3S/c1-17(29-34(31,32)21-5-3-6-21)23-16-30(20-10-12-33-13-11-20)25-14-18(8-9-22(23)25)26-19(15-28)4-2-7-24(26)27/h2,4,7-9,14,16-17,20-21,29H,3,5-6,10-13H2,1H3/t17-/m1/s1. The summed E-state index contributed by atoms with van der Waals surface area (Å²) in [5.74, 6) is -0.440. The van der Waals surface area contributed by atoms with Crippen LogP contribution in [0.1, 0.15) is 62.2 Å². The molecule has 1 saturated carbocycles. The van der Waals surface area contributed by atoms with E-state index in [2.05, 4.69) is 15.4 Å². The number of aromatic nitrogens is 1. The Labute approximate surface area is 199 Å². The van der Waals surface area contributed by atoms with Gasteiger partial charge in [0, 0.05) is 48.0 Å². The second-order valence-corrected chi connectivity index (χ2v) is 11.3. The van der Waals surface area contributed by atoms with Crippen LogP contribution in [0.2, 0.25) is 0 Å². The van der Waals surface area contributed by atoms with Gasteiger partial charge in [-0.25, -0.2) is 17.5 Å². The van der Waals surface area contributed by atoms with E-state index in [4.69, 9.17) is 4.74 Å². The van der Waals surface area contributed by atoms with Crippen LogP contribution >= 0.6 is 0 Å². The number of benzene rings is 2. The third-order valence-electron chi connectivity index (χ3n) is 7.17. The van der Waals surface area contributed by atoms with E-state index in [9.17, 15) is 18.1 Å². The van der Waals surface area contributed by atoms with Gasteiger partial charge in [-0.2, -0.15) is 5.26 Å². The van der Waals surface area contributed by atoms with Gasteiger partial charge in [-0.15, -0.1) is 0 Å². The van der Waals surface area contributed by atoms with Crippen molar-refractivity contribution in [3.8, 4) is 17.2 Å². The zero-order valence-electron chi connectivity index (χ0n) is 19.1. The lowest BCUT2D eigenvalue weighted by Gasteiger charge is -2.27. The Bertz CT molecular complexity index is 1370. The summed E-state index contributed by atoms with van der Waals surface area (Å²) >= 11 is 0. The lowest BCUT2D eigenvalue weighted by Crippen LogP contribution is -2.39. The van der Waals surface area contributed by atoms with E-state index >= 15 is 0 Å². The molecule has 0 spiro atoms. The summed E-state index contributed by atoms with van der Waals surface area (Å²) in [6.45, 7) is 3.20. The van der Waals surface area contributed by atoms with E-state index < -0.39 is 21.9 Å². The Hall–Kier alpha value is -2.73. The first-order valence-corrected chi connectivity index (χ1v) is 13.4. The quantitative estimate of drug-likeness (QED) is 0.524. The first-order valence-electron chi connectivity index (χ1n) is 11.8. The molecule has 3 aromatic rings. The Morgan fingerprint density at radius 2 is 1.94 bits per heavy atom. The minimum absolute atomic E-state index is 0.201. The number of ether oxygens (including phenoxy) is 1. The van der Waals surface area contributed by atoms with Gasteiger partial charge in [0.15, 0.2) is 0 Å². The molecule has 6 nitrogen and oxygen atoms in total. The number of nitrogens with one attached hydrogen (secondary N) is 1. The number of fused-ring (bicyclic) bond motifs is 1. The number of sulfonamides is 1. The number of halogens is 1. The van der Waals surface area contributed by atoms with Gasteiger partial charge in [0.25, 0.3) is 0 Å². The van der Waals surface area contributed by atoms with Crippen LogP contribution in [0.15, 0.2) is 42.6 Å². The van der Waals surface area contributed by atoms with Gasteiger partial charge in [0.05, 0.1) is 16.9 Å². The van der Waals surface area contributed by atoms with Crippen LogP contribution < -0.4 is 4.72 Å². The third-order valence-corrected chi connectivity index (χ3v) is 9.20. The third kappa shape index (κ3) is 4.13. The van der Waals surface area contributed by atoms with Crippen LogP contribution in [0.4, 0.5) is 4.39 Å². The Kier molecular flexibility index (Phi) is 6.19. The normalized spacial score (nSPS) is 18.5. The fourth-order valence-electron chi connectivity index (χ4n) is 5.04. The predicted octanol–water partition coefficient (Wildman–Crippen LogP) is 5.20. The zero-order valence-corrected chi connectivity index (χ0v) is 19.9. The molecule has 5 rings (SSSR count). The second-order valence-electron chi connectivity index (χ2n) is 9.28. The topological polar surface area (TPSA) is 84.1 Å². The average Bonchev–Trinajstić information content (AvgIpc) is 3.16. The maximum atomic E-state index is 14.8. The summed E-state index contributed by atoms with van der Waals surface area (Å²) in [5.41, 5.74) is 2.99. The Balaban J connectivity index is 1.61. The molecule has 2 heterocycles. The molecule has 34 heavy (non-hydrogen) atoms. The molecule has 1 saturated heterocycles. The molecule has 1 atom stereocenters. The van der Waals surface area contributed by atoms with Crippen LogP contribution in [0, 0.1) is 17.1 Å². The molecule has 1 aliphatic carbocycles. The highest BCUT2D eigenvalue weighted by Crippen LogP contribution is 2.37. The molecule has 2 aliphatic rings. The summed E-state index contributed by atoms with van der Waals surface area (Å²) < 4.78 is 50.9. The van der Waals surface area contributed by atoms with Crippen LogP contribution in [-0.2, 0) is 14.8 Å². The lowest BCUT2D eigenvalue weighted by atomic mass is 9.97. The predicted molar refractivity (Wildman–Crippen MR) is 129 cm³/mol. The van der Waals surface area contributed by atoms with Gasteiger partial charge < -0.3 is 9.30 Å². The Morgan fingerprint density at radius 3 is 2.62 bits per heavy atom. The van der Waals surface area contributed by atoms with Crippen molar-refractivity contribution in [2.45, 2.75) is 56.4 Å². The van der Waals surface area contributed by atoms with Crippen LogP contribution in [0.5, 0.6) is 0 Å². The fourth-order valence-corrected chi connectivity index (χ4v) is 6.81. The van der Waals surface area contributed by atoms with Crippen LogP contribution in [-0.4, -0.2) is 31.4 Å². The first-order chi connectivity index (χ1) is 16.4. The summed E-state index contributed by atoms with van der Waals surface area (Å²) in [6, 6.07) is 12.0. The maximum Gasteiger partial charge on any atom is 0.215 e. The van der Waals surface area contributed by atoms with Gasteiger partial charge in [0.1, 0.15) is 5.82 Å². The molecule has 178 valence electrons. The summed E-state index contributed by atoms with van der Waals surface area (Å²) in [6.07, 6.45) is 6.09. The van der Waals surface area contributed by atoms with E-state index in [0.717, 1.165) is 35.7 Å². The highest BCUT2D eigenvalue weighted by atomic mass is 32.2. The second kappa shape index (κ2) is 9.14. The number of hydrogen-bond acceptors (Lipinski definition) is 4. The largest absolute Gasteiger partial charge is 0.381 e. The van der Waals surface area contributed by atoms with E-state index in [-0.39, 0.29) is 22.4 Å². The molecule has 0 bridgehead atoms. The summed E-state index contributed by atoms with van der Waals surface area (Å²) in [7, 11) is -3.39. The molecule has 0 unspecified atom stereocenters. The van der Waals surface area contributed by atoms with Crippen LogP contribution in [0.25, 0.3) is 22.0 Å². The number of nitrogens with zero attached hydrogens (tertiary/aromatic N) is 2. The van der Waals surface area contributed by atoms with E-state index in [1.165, 1.54) is 12.1 Å². The van der Waals surface area contributed by atoms with Crippen molar-refractivity contribution in [3.05, 3.63) is 59.5 Å². The van der Waals surface area contributed by atoms with Gasteiger partial charge >= 0.3 is 0 Å². The van der Waals surface area contributed by atoms with Gasteiger partial charge in [-0.05, 0) is 61.9 Å². The van der Waals surface area contributed by atoms with Crippen molar-refractivity contribution in [1.82, 2.24) is 9.29 Å². The monoisotopic (exact) mass is 481 g/mol. The average molecular weight is 482 g/mol. The molecule has 0 amide bonds.